The van der Waals surface area contributed by atoms with E-state index in [1.54, 1.807) is 0 Å². The number of likely N-dealkylation sites (tertiary alicyclic amines) is 1. The van der Waals surface area contributed by atoms with Crippen LogP contribution in [0.3, 0.4) is 0 Å². The second-order valence-corrected chi connectivity index (χ2v) is 11.9. The highest BCUT2D eigenvalue weighted by Crippen LogP contribution is 2.66. The largest absolute Gasteiger partial charge is 0.370 e. The zero-order valence-electron chi connectivity index (χ0n) is 18.7. The Labute approximate surface area is 166 Å². The number of fused-ring (bicyclic) bond motifs is 5. The van der Waals surface area contributed by atoms with E-state index in [2.05, 4.69) is 46.4 Å². The first-order valence-corrected chi connectivity index (χ1v) is 11.4. The summed E-state index contributed by atoms with van der Waals surface area (Å²) in [5, 5.41) is 0. The van der Waals surface area contributed by atoms with Gasteiger partial charge in [0.2, 0.25) is 5.91 Å². The molecule has 1 amide bonds. The topological polar surface area (TPSA) is 29.5 Å². The summed E-state index contributed by atoms with van der Waals surface area (Å²) >= 11 is 0. The second-order valence-electron chi connectivity index (χ2n) is 11.9. The minimum Gasteiger partial charge on any atom is -0.370 e. The Morgan fingerprint density at radius 1 is 1.07 bits per heavy atom. The van der Waals surface area contributed by atoms with Gasteiger partial charge in [-0.05, 0) is 87.4 Å². The Balaban J connectivity index is 1.78. The fraction of sp³-hybridized carbons (Fsp3) is 0.958. The number of hydrogen-bond donors (Lipinski definition) is 0. The van der Waals surface area contributed by atoms with Crippen LogP contribution in [-0.4, -0.2) is 35.6 Å². The maximum Gasteiger partial charge on any atom is 0.222 e. The molecule has 3 heteroatoms. The Hall–Kier alpha value is -0.570. The molecule has 4 fully saturated rings. The average Bonchev–Trinajstić information content (AvgIpc) is 2.96. The molecule has 27 heavy (non-hydrogen) atoms. The van der Waals surface area contributed by atoms with Crippen molar-refractivity contribution < 1.29 is 9.53 Å². The van der Waals surface area contributed by atoms with Crippen molar-refractivity contribution in [2.24, 2.45) is 34.5 Å². The summed E-state index contributed by atoms with van der Waals surface area (Å²) in [7, 11) is 2.04. The van der Waals surface area contributed by atoms with Gasteiger partial charge in [-0.1, -0.05) is 27.2 Å². The van der Waals surface area contributed by atoms with Gasteiger partial charge >= 0.3 is 0 Å². The van der Waals surface area contributed by atoms with Gasteiger partial charge in [-0.15, -0.1) is 0 Å². The predicted molar refractivity (Wildman–Crippen MR) is 109 cm³/mol. The van der Waals surface area contributed by atoms with Crippen molar-refractivity contribution in [3.05, 3.63) is 0 Å². The maximum absolute atomic E-state index is 12.7. The molecule has 1 saturated heterocycles. The molecule has 0 radical (unpaired) electrons. The van der Waals surface area contributed by atoms with Gasteiger partial charge in [-0.2, -0.15) is 0 Å². The van der Waals surface area contributed by atoms with E-state index < -0.39 is 0 Å². The highest BCUT2D eigenvalue weighted by atomic mass is 16.5. The molecule has 3 saturated carbocycles. The van der Waals surface area contributed by atoms with Gasteiger partial charge in [0.05, 0.1) is 17.7 Å². The molecule has 3 unspecified atom stereocenters. The van der Waals surface area contributed by atoms with Gasteiger partial charge in [-0.25, -0.2) is 0 Å². The van der Waals surface area contributed by atoms with E-state index in [9.17, 15) is 4.79 Å². The lowest BCUT2D eigenvalue weighted by molar-refractivity contribution is -0.227. The molecule has 0 aromatic rings. The van der Waals surface area contributed by atoms with Gasteiger partial charge in [0.15, 0.2) is 0 Å². The Bertz CT molecular complexity index is 610. The third kappa shape index (κ3) is 2.90. The number of carbonyl (C=O) groups excluding carboxylic acids is 1. The van der Waals surface area contributed by atoms with Crippen LogP contribution in [0.5, 0.6) is 0 Å². The molecule has 4 aliphatic rings. The minimum atomic E-state index is -0.179. The molecule has 0 spiro atoms. The normalized spacial score (nSPS) is 50.2. The summed E-state index contributed by atoms with van der Waals surface area (Å²) in [5.74, 6) is 3.17. The molecule has 1 aliphatic heterocycles. The fourth-order valence-corrected chi connectivity index (χ4v) is 8.07. The van der Waals surface area contributed by atoms with Crippen LogP contribution in [0, 0.1) is 34.5 Å². The lowest BCUT2D eigenvalue weighted by Crippen LogP contribution is -2.69. The number of piperidine rings is 1. The highest BCUT2D eigenvalue weighted by molar-refractivity contribution is 5.77. The van der Waals surface area contributed by atoms with Crippen LogP contribution in [0.1, 0.15) is 86.5 Å². The van der Waals surface area contributed by atoms with E-state index in [-0.39, 0.29) is 23.2 Å². The number of rotatable bonds is 1. The Morgan fingerprint density at radius 2 is 1.78 bits per heavy atom. The van der Waals surface area contributed by atoms with Crippen molar-refractivity contribution >= 4 is 5.91 Å². The summed E-state index contributed by atoms with van der Waals surface area (Å²) in [5.41, 5.74) is 0.558. The molecule has 0 N–H and O–H groups in total. The van der Waals surface area contributed by atoms with E-state index in [1.807, 2.05) is 7.05 Å². The number of likely N-dealkylation sites (N-methyl/N-ethyl adjacent to an activating group) is 1. The van der Waals surface area contributed by atoms with Gasteiger partial charge in [0.25, 0.3) is 0 Å². The van der Waals surface area contributed by atoms with E-state index in [1.165, 1.54) is 32.1 Å². The lowest BCUT2D eigenvalue weighted by atomic mass is 9.44. The number of carbonyl (C=O) groups is 1. The predicted octanol–water partition coefficient (Wildman–Crippen LogP) is 5.28. The first kappa shape index (κ1) is 19.7. The number of nitrogens with zero attached hydrogens (tertiary/aromatic N) is 1. The van der Waals surface area contributed by atoms with Crippen molar-refractivity contribution in [2.75, 3.05) is 7.05 Å². The molecule has 8 atom stereocenters. The summed E-state index contributed by atoms with van der Waals surface area (Å²) in [6.45, 7) is 14.0. The second kappa shape index (κ2) is 6.21. The maximum atomic E-state index is 12.7. The summed E-state index contributed by atoms with van der Waals surface area (Å²) in [6, 6.07) is 0.222. The number of amides is 1. The van der Waals surface area contributed by atoms with Crippen molar-refractivity contribution in [3.63, 3.8) is 0 Å². The van der Waals surface area contributed by atoms with E-state index in [0.29, 0.717) is 23.7 Å². The van der Waals surface area contributed by atoms with Crippen molar-refractivity contribution in [3.8, 4) is 0 Å². The van der Waals surface area contributed by atoms with Crippen molar-refractivity contribution in [2.45, 2.75) is 104 Å². The molecular formula is C24H41NO2. The van der Waals surface area contributed by atoms with E-state index >= 15 is 0 Å². The van der Waals surface area contributed by atoms with Crippen LogP contribution in [0.4, 0.5) is 0 Å². The zero-order chi connectivity index (χ0) is 19.8. The van der Waals surface area contributed by atoms with Crippen LogP contribution in [0.15, 0.2) is 0 Å². The zero-order valence-corrected chi connectivity index (χ0v) is 18.7. The minimum absolute atomic E-state index is 0.147. The highest BCUT2D eigenvalue weighted by Gasteiger charge is 2.64. The van der Waals surface area contributed by atoms with Gasteiger partial charge in [-0.3, -0.25) is 4.79 Å². The molecule has 0 aromatic carbocycles. The van der Waals surface area contributed by atoms with Crippen molar-refractivity contribution in [1.29, 1.82) is 0 Å². The number of ether oxygens (including phenoxy) is 1. The Morgan fingerprint density at radius 3 is 2.44 bits per heavy atom. The van der Waals surface area contributed by atoms with Gasteiger partial charge in [0.1, 0.15) is 0 Å². The van der Waals surface area contributed by atoms with E-state index in [0.717, 1.165) is 24.2 Å². The van der Waals surface area contributed by atoms with Gasteiger partial charge < -0.3 is 9.64 Å². The summed E-state index contributed by atoms with van der Waals surface area (Å²) in [6.07, 6.45) is 8.86. The quantitative estimate of drug-likeness (QED) is 0.624. The fourth-order valence-electron chi connectivity index (χ4n) is 8.07. The van der Waals surface area contributed by atoms with E-state index in [4.69, 9.17) is 4.74 Å². The van der Waals surface area contributed by atoms with Crippen LogP contribution < -0.4 is 0 Å². The van der Waals surface area contributed by atoms with Gasteiger partial charge in [0, 0.05) is 13.5 Å². The average molecular weight is 376 g/mol. The molecule has 154 valence electrons. The third-order valence-electron chi connectivity index (χ3n) is 9.25. The molecule has 3 aliphatic carbocycles. The van der Waals surface area contributed by atoms with Crippen LogP contribution in [0.25, 0.3) is 0 Å². The molecule has 0 bridgehead atoms. The SMILES string of the molecule is CC1C(OC(C)(C)C)C2N(C)C(=O)CC[C@]2(C)[C@@H]2CC[C@]3(C)CCC[C@H]3[C@H]12. The summed E-state index contributed by atoms with van der Waals surface area (Å²) < 4.78 is 6.78. The Kier molecular flexibility index (Phi) is 4.54. The third-order valence-corrected chi connectivity index (χ3v) is 9.25. The van der Waals surface area contributed by atoms with Crippen LogP contribution >= 0.6 is 0 Å². The van der Waals surface area contributed by atoms with Crippen molar-refractivity contribution in [1.82, 2.24) is 4.90 Å². The number of hydrogen-bond acceptors (Lipinski definition) is 2. The molecule has 4 rings (SSSR count). The smallest absolute Gasteiger partial charge is 0.222 e. The van der Waals surface area contributed by atoms with Crippen LogP contribution in [-0.2, 0) is 9.53 Å². The van der Waals surface area contributed by atoms with Crippen LogP contribution in [0.2, 0.25) is 0 Å². The molecule has 0 aromatic heterocycles. The molecular weight excluding hydrogens is 334 g/mol. The first-order chi connectivity index (χ1) is 12.5. The summed E-state index contributed by atoms with van der Waals surface area (Å²) in [4.78, 5) is 14.8. The first-order valence-electron chi connectivity index (χ1n) is 11.4. The molecule has 3 nitrogen and oxygen atoms in total. The standard InChI is InChI=1S/C24H41NO2/c1-15-19-16-9-8-12-23(16,5)13-10-17(19)24(6)14-11-18(26)25(7)21(24)20(15)27-22(2,3)4/h15-17,19-21H,8-14H2,1-7H3/t15?,16-,17+,19-,20?,21?,23-,24+/m0/s1. The molecule has 1 heterocycles. The monoisotopic (exact) mass is 375 g/mol. The lowest BCUT2D eigenvalue weighted by Gasteiger charge is -2.65.